The number of halogens is 2. The van der Waals surface area contributed by atoms with E-state index < -0.39 is 11.7 Å². The number of nitrogen functional groups attached to an aromatic ring is 1. The number of hydrogen-bond donors (Lipinski definition) is 2. The molecular weight excluding hydrogens is 373 g/mol. The van der Waals surface area contributed by atoms with E-state index in [1.807, 2.05) is 17.9 Å². The molecule has 0 saturated carbocycles. The highest BCUT2D eigenvalue weighted by atomic mass is 35.5. The van der Waals surface area contributed by atoms with Gasteiger partial charge in [0.05, 0.1) is 19.1 Å². The molecule has 3 rings (SSSR count). The third-order valence-corrected chi connectivity index (χ3v) is 4.71. The SMILES string of the molecule is Cc1cc(N2CCCOC[C@@H]2c2cc(CC(N)=O)c(F)cc2Cl)nc(N)n1. The third-order valence-electron chi connectivity index (χ3n) is 4.38. The number of carbonyl (C=O) groups excluding carboxylic acids is 1. The van der Waals surface area contributed by atoms with Gasteiger partial charge in [-0.25, -0.2) is 9.37 Å². The van der Waals surface area contributed by atoms with Crippen LogP contribution in [0.3, 0.4) is 0 Å². The highest BCUT2D eigenvalue weighted by Gasteiger charge is 2.28. The second kappa shape index (κ2) is 8.06. The van der Waals surface area contributed by atoms with Crippen molar-refractivity contribution in [2.75, 3.05) is 30.4 Å². The van der Waals surface area contributed by atoms with E-state index in [2.05, 4.69) is 9.97 Å². The van der Waals surface area contributed by atoms with Crippen molar-refractivity contribution in [1.29, 1.82) is 0 Å². The number of amides is 1. The molecule has 4 N–H and O–H groups in total. The van der Waals surface area contributed by atoms with Crippen LogP contribution in [0.25, 0.3) is 0 Å². The number of primary amides is 1. The van der Waals surface area contributed by atoms with Crippen LogP contribution in [0.4, 0.5) is 16.2 Å². The van der Waals surface area contributed by atoms with Crippen LogP contribution < -0.4 is 16.4 Å². The Morgan fingerprint density at radius 3 is 2.89 bits per heavy atom. The molecule has 1 amide bonds. The summed E-state index contributed by atoms with van der Waals surface area (Å²) < 4.78 is 19.9. The minimum atomic E-state index is -0.615. The van der Waals surface area contributed by atoms with E-state index in [0.29, 0.717) is 31.1 Å². The van der Waals surface area contributed by atoms with Crippen molar-refractivity contribution in [3.8, 4) is 0 Å². The number of nitrogens with two attached hydrogens (primary N) is 2. The fraction of sp³-hybridized carbons (Fsp3) is 0.389. The number of benzene rings is 1. The molecule has 0 spiro atoms. The van der Waals surface area contributed by atoms with E-state index in [1.54, 1.807) is 6.07 Å². The largest absolute Gasteiger partial charge is 0.379 e. The molecule has 0 bridgehead atoms. The van der Waals surface area contributed by atoms with Crippen LogP contribution in [0.2, 0.25) is 5.02 Å². The summed E-state index contributed by atoms with van der Waals surface area (Å²) in [6.45, 7) is 3.41. The second-order valence-corrected chi connectivity index (χ2v) is 6.88. The molecular formula is C18H21ClFN5O2. The van der Waals surface area contributed by atoms with Crippen LogP contribution in [-0.4, -0.2) is 35.6 Å². The predicted molar refractivity (Wildman–Crippen MR) is 101 cm³/mol. The lowest BCUT2D eigenvalue weighted by atomic mass is 10.0. The van der Waals surface area contributed by atoms with Gasteiger partial charge in [-0.3, -0.25) is 4.79 Å². The topological polar surface area (TPSA) is 107 Å². The normalized spacial score (nSPS) is 17.6. The van der Waals surface area contributed by atoms with E-state index in [-0.39, 0.29) is 29.0 Å². The van der Waals surface area contributed by atoms with Gasteiger partial charge in [-0.05, 0) is 36.6 Å². The Kier molecular flexibility index (Phi) is 5.76. The van der Waals surface area contributed by atoms with Crippen molar-refractivity contribution in [3.63, 3.8) is 0 Å². The first-order valence-corrected chi connectivity index (χ1v) is 8.94. The van der Waals surface area contributed by atoms with Crippen molar-refractivity contribution in [2.24, 2.45) is 5.73 Å². The Balaban J connectivity index is 2.06. The van der Waals surface area contributed by atoms with Crippen molar-refractivity contribution in [1.82, 2.24) is 9.97 Å². The Morgan fingerprint density at radius 2 is 2.19 bits per heavy atom. The first kappa shape index (κ1) is 19.3. The highest BCUT2D eigenvalue weighted by Crippen LogP contribution is 2.34. The smallest absolute Gasteiger partial charge is 0.222 e. The number of hydrogen-bond acceptors (Lipinski definition) is 6. The quantitative estimate of drug-likeness (QED) is 0.824. The van der Waals surface area contributed by atoms with Crippen molar-refractivity contribution >= 4 is 29.3 Å². The zero-order chi connectivity index (χ0) is 19.6. The fourth-order valence-corrected chi connectivity index (χ4v) is 3.50. The summed E-state index contributed by atoms with van der Waals surface area (Å²) in [6, 6.07) is 4.29. The van der Waals surface area contributed by atoms with Gasteiger partial charge in [0, 0.05) is 29.9 Å². The van der Waals surface area contributed by atoms with Crippen molar-refractivity contribution in [2.45, 2.75) is 25.8 Å². The summed E-state index contributed by atoms with van der Waals surface area (Å²) in [7, 11) is 0. The number of carbonyl (C=O) groups is 1. The molecule has 2 heterocycles. The number of ether oxygens (including phenoxy) is 1. The maximum atomic E-state index is 14.2. The maximum Gasteiger partial charge on any atom is 0.222 e. The lowest BCUT2D eigenvalue weighted by Crippen LogP contribution is -2.32. The molecule has 2 aromatic rings. The molecule has 1 atom stereocenters. The molecule has 1 aromatic heterocycles. The Hall–Kier alpha value is -2.45. The number of rotatable bonds is 4. The second-order valence-electron chi connectivity index (χ2n) is 6.47. The van der Waals surface area contributed by atoms with Crippen LogP contribution in [0.5, 0.6) is 0 Å². The van der Waals surface area contributed by atoms with E-state index in [9.17, 15) is 9.18 Å². The highest BCUT2D eigenvalue weighted by molar-refractivity contribution is 6.31. The zero-order valence-electron chi connectivity index (χ0n) is 14.9. The number of aromatic nitrogens is 2. The van der Waals surface area contributed by atoms with Crippen molar-refractivity contribution < 1.29 is 13.9 Å². The predicted octanol–water partition coefficient (Wildman–Crippen LogP) is 2.16. The molecule has 9 heteroatoms. The van der Waals surface area contributed by atoms with Crippen LogP contribution >= 0.6 is 11.6 Å². The van der Waals surface area contributed by atoms with Crippen molar-refractivity contribution in [3.05, 3.63) is 45.9 Å². The van der Waals surface area contributed by atoms with Gasteiger partial charge in [0.25, 0.3) is 0 Å². The molecule has 27 heavy (non-hydrogen) atoms. The van der Waals surface area contributed by atoms with Gasteiger partial charge in [0.1, 0.15) is 11.6 Å². The summed E-state index contributed by atoms with van der Waals surface area (Å²) in [5.41, 5.74) is 12.6. The molecule has 1 saturated heterocycles. The fourth-order valence-electron chi connectivity index (χ4n) is 3.22. The van der Waals surface area contributed by atoms with Gasteiger partial charge in [-0.15, -0.1) is 0 Å². The van der Waals surface area contributed by atoms with Gasteiger partial charge < -0.3 is 21.1 Å². The Labute approximate surface area is 161 Å². The van der Waals surface area contributed by atoms with Crippen LogP contribution in [0.1, 0.15) is 29.3 Å². The Bertz CT molecular complexity index is 844. The summed E-state index contributed by atoms with van der Waals surface area (Å²) in [5, 5.41) is 0.250. The van der Waals surface area contributed by atoms with Gasteiger partial charge in [0.2, 0.25) is 11.9 Å². The molecule has 1 aliphatic heterocycles. The van der Waals surface area contributed by atoms with Gasteiger partial charge >= 0.3 is 0 Å². The van der Waals surface area contributed by atoms with E-state index >= 15 is 0 Å². The van der Waals surface area contributed by atoms with Gasteiger partial charge in [-0.1, -0.05) is 11.6 Å². The third kappa shape index (κ3) is 4.45. The summed E-state index contributed by atoms with van der Waals surface area (Å²) in [6.07, 6.45) is 0.579. The standard InChI is InChI=1S/C18H21ClFN5O2/c1-10-5-17(24-18(22)23-10)25-3-2-4-27-9-15(25)12-6-11(7-16(21)26)14(20)8-13(12)19/h5-6,8,15H,2-4,7,9H2,1H3,(H2,21,26)(H2,22,23,24)/t15-/m1/s1. The van der Waals surface area contributed by atoms with Gasteiger partial charge in [0.15, 0.2) is 0 Å². The lowest BCUT2D eigenvalue weighted by molar-refractivity contribution is -0.117. The number of aryl methyl sites for hydroxylation is 1. The zero-order valence-corrected chi connectivity index (χ0v) is 15.7. The minimum absolute atomic E-state index is 0.175. The van der Waals surface area contributed by atoms with Crippen LogP contribution in [-0.2, 0) is 16.0 Å². The molecule has 0 radical (unpaired) electrons. The van der Waals surface area contributed by atoms with Crippen LogP contribution in [0.15, 0.2) is 18.2 Å². The van der Waals surface area contributed by atoms with E-state index in [1.165, 1.54) is 6.07 Å². The lowest BCUT2D eigenvalue weighted by Gasteiger charge is -2.31. The molecule has 0 aliphatic carbocycles. The molecule has 144 valence electrons. The molecule has 1 fully saturated rings. The van der Waals surface area contributed by atoms with E-state index in [0.717, 1.165) is 12.1 Å². The molecule has 1 aliphatic rings. The van der Waals surface area contributed by atoms with Crippen LogP contribution in [0, 0.1) is 12.7 Å². The molecule has 0 unspecified atom stereocenters. The minimum Gasteiger partial charge on any atom is -0.379 e. The number of nitrogens with zero attached hydrogens (tertiary/aromatic N) is 3. The first-order valence-electron chi connectivity index (χ1n) is 8.57. The molecule has 1 aromatic carbocycles. The average molecular weight is 394 g/mol. The molecule has 7 nitrogen and oxygen atoms in total. The Morgan fingerprint density at radius 1 is 1.41 bits per heavy atom. The maximum absolute atomic E-state index is 14.2. The summed E-state index contributed by atoms with van der Waals surface area (Å²) in [5.74, 6) is -0.359. The van der Waals surface area contributed by atoms with E-state index in [4.69, 9.17) is 27.8 Å². The summed E-state index contributed by atoms with van der Waals surface area (Å²) in [4.78, 5) is 21.7. The monoisotopic (exact) mass is 393 g/mol. The van der Waals surface area contributed by atoms with Gasteiger partial charge in [-0.2, -0.15) is 4.98 Å². The average Bonchev–Trinajstić information content (AvgIpc) is 2.82. The first-order chi connectivity index (χ1) is 12.8. The summed E-state index contributed by atoms with van der Waals surface area (Å²) >= 11 is 6.34. The number of anilines is 2.